The van der Waals surface area contributed by atoms with E-state index in [1.807, 2.05) is 74.0 Å². The Balaban J connectivity index is 1.56. The van der Waals surface area contributed by atoms with Crippen LogP contribution < -0.4 is 10.1 Å². The van der Waals surface area contributed by atoms with Crippen molar-refractivity contribution in [3.63, 3.8) is 0 Å². The molecule has 0 saturated heterocycles. The fourth-order valence-electron chi connectivity index (χ4n) is 2.92. The summed E-state index contributed by atoms with van der Waals surface area (Å²) in [7, 11) is 0. The summed E-state index contributed by atoms with van der Waals surface area (Å²) < 4.78 is 7.39. The van der Waals surface area contributed by atoms with Crippen LogP contribution in [-0.2, 0) is 13.1 Å². The van der Waals surface area contributed by atoms with Gasteiger partial charge in [0.25, 0.3) is 5.91 Å². The number of nitrogens with one attached hydrogen (secondary N) is 1. The largest absolute Gasteiger partial charge is 0.494 e. The Bertz CT molecular complexity index is 896. The number of ether oxygens (including phenoxy) is 1. The molecule has 1 aromatic heterocycles. The van der Waals surface area contributed by atoms with Gasteiger partial charge in [-0.15, -0.1) is 0 Å². The van der Waals surface area contributed by atoms with Gasteiger partial charge in [0.15, 0.2) is 0 Å². The number of nitrogens with zero attached hydrogens (tertiary/aromatic N) is 2. The minimum absolute atomic E-state index is 0.0819. The van der Waals surface area contributed by atoms with Crippen LogP contribution in [0.15, 0.2) is 54.6 Å². The third kappa shape index (κ3) is 4.97. The predicted molar refractivity (Wildman–Crippen MR) is 106 cm³/mol. The second-order valence-corrected chi connectivity index (χ2v) is 6.54. The summed E-state index contributed by atoms with van der Waals surface area (Å²) >= 11 is 0. The first-order valence-corrected chi connectivity index (χ1v) is 9.15. The van der Waals surface area contributed by atoms with Crippen LogP contribution in [0.3, 0.4) is 0 Å². The van der Waals surface area contributed by atoms with Crippen LogP contribution in [0.1, 0.15) is 39.8 Å². The van der Waals surface area contributed by atoms with E-state index in [0.29, 0.717) is 25.3 Å². The quantitative estimate of drug-likeness (QED) is 0.693. The highest BCUT2D eigenvalue weighted by Crippen LogP contribution is 2.13. The van der Waals surface area contributed by atoms with Crippen LogP contribution >= 0.6 is 0 Å². The average Bonchev–Trinajstić information content (AvgIpc) is 2.98. The molecule has 0 saturated carbocycles. The Labute approximate surface area is 160 Å². The number of hydrogen-bond donors (Lipinski definition) is 1. The van der Waals surface area contributed by atoms with Gasteiger partial charge in [-0.1, -0.05) is 24.3 Å². The number of benzene rings is 2. The van der Waals surface area contributed by atoms with Gasteiger partial charge in [-0.2, -0.15) is 5.10 Å². The lowest BCUT2D eigenvalue weighted by Gasteiger charge is -2.08. The van der Waals surface area contributed by atoms with Crippen LogP contribution in [-0.4, -0.2) is 22.3 Å². The van der Waals surface area contributed by atoms with E-state index in [2.05, 4.69) is 16.5 Å². The molecule has 1 heterocycles. The fourth-order valence-corrected chi connectivity index (χ4v) is 2.92. The Hall–Kier alpha value is -3.08. The van der Waals surface area contributed by atoms with Gasteiger partial charge in [0, 0.05) is 17.8 Å². The second-order valence-electron chi connectivity index (χ2n) is 6.54. The number of rotatable bonds is 7. The summed E-state index contributed by atoms with van der Waals surface area (Å²) in [5.74, 6) is 0.757. The molecule has 1 N–H and O–H groups in total. The Kier molecular flexibility index (Phi) is 5.91. The van der Waals surface area contributed by atoms with Crippen LogP contribution in [0, 0.1) is 13.8 Å². The maximum absolute atomic E-state index is 12.4. The van der Waals surface area contributed by atoms with Crippen LogP contribution in [0.25, 0.3) is 0 Å². The number of aromatic nitrogens is 2. The van der Waals surface area contributed by atoms with Crippen LogP contribution in [0.5, 0.6) is 5.75 Å². The Morgan fingerprint density at radius 1 is 1.04 bits per heavy atom. The molecule has 2 aromatic carbocycles. The van der Waals surface area contributed by atoms with Crippen molar-refractivity contribution in [2.75, 3.05) is 6.61 Å². The highest BCUT2D eigenvalue weighted by atomic mass is 16.5. The maximum Gasteiger partial charge on any atom is 0.251 e. The summed E-state index contributed by atoms with van der Waals surface area (Å²) in [5.41, 5.74) is 4.94. The maximum atomic E-state index is 12.4. The van der Waals surface area contributed by atoms with Gasteiger partial charge in [0.05, 0.1) is 18.8 Å². The zero-order valence-electron chi connectivity index (χ0n) is 16.0. The molecule has 3 aromatic rings. The molecule has 3 rings (SSSR count). The SMILES string of the molecule is CCOc1ccc(CNC(=O)c2ccc(Cn3nc(C)cc3C)cc2)cc1. The average molecular weight is 363 g/mol. The number of amides is 1. The minimum atomic E-state index is -0.0819. The van der Waals surface area contributed by atoms with Gasteiger partial charge in [0.1, 0.15) is 5.75 Å². The van der Waals surface area contributed by atoms with E-state index in [1.165, 1.54) is 0 Å². The van der Waals surface area contributed by atoms with E-state index in [4.69, 9.17) is 4.74 Å². The normalized spacial score (nSPS) is 10.6. The van der Waals surface area contributed by atoms with Crippen molar-refractivity contribution in [1.29, 1.82) is 0 Å². The number of aryl methyl sites for hydroxylation is 2. The number of carbonyl (C=O) groups excluding carboxylic acids is 1. The molecule has 0 aliphatic rings. The van der Waals surface area contributed by atoms with Gasteiger partial charge in [-0.25, -0.2) is 0 Å². The van der Waals surface area contributed by atoms with Crippen molar-refractivity contribution >= 4 is 5.91 Å². The van der Waals surface area contributed by atoms with Crippen molar-refractivity contribution in [2.45, 2.75) is 33.9 Å². The number of carbonyl (C=O) groups is 1. The molecule has 0 atom stereocenters. The van der Waals surface area contributed by atoms with Gasteiger partial charge in [-0.05, 0) is 62.2 Å². The molecule has 0 aliphatic carbocycles. The van der Waals surface area contributed by atoms with Crippen molar-refractivity contribution in [3.8, 4) is 5.75 Å². The topological polar surface area (TPSA) is 56.1 Å². The van der Waals surface area contributed by atoms with Crippen LogP contribution in [0.4, 0.5) is 0 Å². The molecule has 5 heteroatoms. The third-order valence-electron chi connectivity index (χ3n) is 4.34. The molecule has 0 spiro atoms. The third-order valence-corrected chi connectivity index (χ3v) is 4.34. The summed E-state index contributed by atoms with van der Waals surface area (Å²) in [6.45, 7) is 7.82. The molecule has 0 fully saturated rings. The summed E-state index contributed by atoms with van der Waals surface area (Å²) in [6, 6.07) is 17.5. The number of hydrogen-bond acceptors (Lipinski definition) is 3. The van der Waals surface area contributed by atoms with Gasteiger partial charge in [0.2, 0.25) is 0 Å². The first-order valence-electron chi connectivity index (χ1n) is 9.15. The first kappa shape index (κ1) is 18.7. The lowest BCUT2D eigenvalue weighted by atomic mass is 10.1. The van der Waals surface area contributed by atoms with E-state index in [-0.39, 0.29) is 5.91 Å². The highest BCUT2D eigenvalue weighted by Gasteiger charge is 2.07. The monoisotopic (exact) mass is 363 g/mol. The van der Waals surface area contributed by atoms with E-state index in [1.54, 1.807) is 0 Å². The summed E-state index contributed by atoms with van der Waals surface area (Å²) in [6.07, 6.45) is 0. The molecular weight excluding hydrogens is 338 g/mol. The van der Waals surface area contributed by atoms with E-state index in [9.17, 15) is 4.79 Å². The van der Waals surface area contributed by atoms with E-state index in [0.717, 1.165) is 28.3 Å². The molecule has 0 unspecified atom stereocenters. The molecule has 27 heavy (non-hydrogen) atoms. The molecule has 1 amide bonds. The van der Waals surface area contributed by atoms with Crippen LogP contribution in [0.2, 0.25) is 0 Å². The molecule has 140 valence electrons. The van der Waals surface area contributed by atoms with Gasteiger partial charge < -0.3 is 10.1 Å². The second kappa shape index (κ2) is 8.54. The molecule has 0 aliphatic heterocycles. The Morgan fingerprint density at radius 3 is 2.30 bits per heavy atom. The summed E-state index contributed by atoms with van der Waals surface area (Å²) in [4.78, 5) is 12.4. The van der Waals surface area contributed by atoms with Crippen molar-refractivity contribution in [1.82, 2.24) is 15.1 Å². The van der Waals surface area contributed by atoms with Crippen molar-refractivity contribution < 1.29 is 9.53 Å². The highest BCUT2D eigenvalue weighted by molar-refractivity contribution is 5.94. The van der Waals surface area contributed by atoms with Crippen molar-refractivity contribution in [2.24, 2.45) is 0 Å². The summed E-state index contributed by atoms with van der Waals surface area (Å²) in [5, 5.41) is 7.42. The predicted octanol–water partition coefficient (Wildman–Crippen LogP) is 3.88. The lowest BCUT2D eigenvalue weighted by molar-refractivity contribution is 0.0951. The zero-order chi connectivity index (χ0) is 19.2. The fraction of sp³-hybridized carbons (Fsp3) is 0.273. The zero-order valence-corrected chi connectivity index (χ0v) is 16.0. The standard InChI is InChI=1S/C22H25N3O2/c1-4-27-21-11-7-18(8-12-21)14-23-22(26)20-9-5-19(6-10-20)15-25-17(3)13-16(2)24-25/h5-13H,4,14-15H2,1-3H3,(H,23,26). The van der Waals surface area contributed by atoms with E-state index < -0.39 is 0 Å². The van der Waals surface area contributed by atoms with Crippen molar-refractivity contribution in [3.05, 3.63) is 82.7 Å². The first-order chi connectivity index (χ1) is 13.0. The minimum Gasteiger partial charge on any atom is -0.494 e. The van der Waals surface area contributed by atoms with Gasteiger partial charge in [-0.3, -0.25) is 9.48 Å². The lowest BCUT2D eigenvalue weighted by Crippen LogP contribution is -2.22. The Morgan fingerprint density at radius 2 is 1.70 bits per heavy atom. The van der Waals surface area contributed by atoms with E-state index >= 15 is 0 Å². The molecule has 5 nitrogen and oxygen atoms in total. The molecule has 0 radical (unpaired) electrons. The smallest absolute Gasteiger partial charge is 0.251 e. The van der Waals surface area contributed by atoms with Gasteiger partial charge >= 0.3 is 0 Å². The molecule has 0 bridgehead atoms. The molecular formula is C22H25N3O2.